The van der Waals surface area contributed by atoms with E-state index in [9.17, 15) is 0 Å². The molecule has 0 aromatic carbocycles. The number of pyridine rings is 2. The molecule has 0 bridgehead atoms. The number of halogens is 4. The number of hydrogen-bond donors (Lipinski definition) is 0. The molecule has 0 spiro atoms. The highest BCUT2D eigenvalue weighted by Gasteiger charge is 2.32. The third kappa shape index (κ3) is 6.97. The zero-order valence-electron chi connectivity index (χ0n) is 11.7. The predicted octanol–water partition coefficient (Wildman–Crippen LogP) is 4.21. The van der Waals surface area contributed by atoms with Crippen LogP contribution in [0.5, 0.6) is 11.8 Å². The van der Waals surface area contributed by atoms with Crippen molar-refractivity contribution in [2.45, 2.75) is 9.04 Å². The number of hydrogen-bond acceptors (Lipinski definition) is 5. The Labute approximate surface area is 153 Å². The Bertz CT molecular complexity index is 546. The van der Waals surface area contributed by atoms with Gasteiger partial charge < -0.3 is 14.2 Å². The molecule has 2 rings (SSSR count). The third-order valence-electron chi connectivity index (χ3n) is 2.32. The summed E-state index contributed by atoms with van der Waals surface area (Å²) in [4.78, 5) is 7.89. The molecule has 2 aromatic rings. The minimum absolute atomic E-state index is 0.209. The molecule has 5 nitrogen and oxygen atoms in total. The lowest BCUT2D eigenvalue weighted by Crippen LogP contribution is -2.34. The predicted molar refractivity (Wildman–Crippen MR) is 89.4 cm³/mol. The van der Waals surface area contributed by atoms with E-state index in [1.54, 1.807) is 48.8 Å². The highest BCUT2D eigenvalue weighted by molar-refractivity contribution is 6.48. The second kappa shape index (κ2) is 8.22. The lowest BCUT2D eigenvalue weighted by molar-refractivity contribution is 0.0258. The van der Waals surface area contributed by atoms with E-state index in [0.29, 0.717) is 0 Å². The molecule has 0 saturated heterocycles. The molecule has 124 valence electrons. The van der Waals surface area contributed by atoms with Crippen LogP contribution in [-0.4, -0.2) is 32.2 Å². The van der Waals surface area contributed by atoms with Crippen molar-refractivity contribution >= 4 is 46.4 Å². The lowest BCUT2D eigenvalue weighted by atomic mass is 10.5. The largest absolute Gasteiger partial charge is 0.438 e. The Balaban J connectivity index is 1.80. The Morgan fingerprint density at radius 2 is 1.17 bits per heavy atom. The van der Waals surface area contributed by atoms with Crippen LogP contribution in [0, 0.1) is 0 Å². The summed E-state index contributed by atoms with van der Waals surface area (Å²) < 4.78 is 12.6. The van der Waals surface area contributed by atoms with Gasteiger partial charge in [0.1, 0.15) is 13.2 Å². The van der Waals surface area contributed by atoms with E-state index in [1.807, 2.05) is 0 Å². The Hall–Kier alpha value is -0.980. The topological polar surface area (TPSA) is 53.5 Å². The molecule has 2 aromatic heterocycles. The van der Waals surface area contributed by atoms with Crippen molar-refractivity contribution in [3.63, 3.8) is 0 Å². The summed E-state index contributed by atoms with van der Waals surface area (Å²) in [5.74, 6) is 0.516. The fraction of sp³-hybridized carbons (Fsp3) is 0.286. The Kier molecular flexibility index (Phi) is 6.56. The molecule has 0 fully saturated rings. The van der Waals surface area contributed by atoms with Gasteiger partial charge in [-0.15, -0.1) is 0 Å². The van der Waals surface area contributed by atoms with Crippen LogP contribution in [0.1, 0.15) is 0 Å². The fourth-order valence-corrected chi connectivity index (χ4v) is 2.09. The van der Waals surface area contributed by atoms with Crippen molar-refractivity contribution in [3.05, 3.63) is 48.8 Å². The summed E-state index contributed by atoms with van der Waals surface area (Å²) in [7, 11) is 0. The van der Waals surface area contributed by atoms with Crippen LogP contribution in [0.15, 0.2) is 48.8 Å². The van der Waals surface area contributed by atoms with Gasteiger partial charge in [-0.05, 0) is 12.1 Å². The average Bonchev–Trinajstić information content (AvgIpc) is 2.47. The summed E-state index contributed by atoms with van der Waals surface area (Å²) in [5, 5.41) is 0. The Morgan fingerprint density at radius 3 is 1.52 bits per heavy atom. The smallest absolute Gasteiger partial charge is 0.283 e. The molecule has 0 atom stereocenters. The van der Waals surface area contributed by atoms with Crippen molar-refractivity contribution in [1.29, 1.82) is 0 Å². The molecule has 0 radical (unpaired) electrons. The van der Waals surface area contributed by atoms with Gasteiger partial charge >= 0.3 is 0 Å². The number of alkyl halides is 4. The van der Waals surface area contributed by atoms with Crippen molar-refractivity contribution in [2.75, 3.05) is 13.2 Å². The summed E-state index contributed by atoms with van der Waals surface area (Å²) in [6.45, 7) is -0.418. The van der Waals surface area contributed by atoms with Crippen molar-refractivity contribution in [2.24, 2.45) is 0 Å². The maximum absolute atomic E-state index is 6.00. The average molecular weight is 398 g/mol. The molecule has 0 aliphatic carbocycles. The van der Waals surface area contributed by atoms with Crippen LogP contribution < -0.4 is 9.47 Å². The van der Waals surface area contributed by atoms with E-state index >= 15 is 0 Å². The third-order valence-corrected chi connectivity index (χ3v) is 3.07. The van der Waals surface area contributed by atoms with Gasteiger partial charge in [-0.2, -0.15) is 0 Å². The summed E-state index contributed by atoms with van der Waals surface area (Å²) in [6, 6.07) is 10.1. The molecule has 23 heavy (non-hydrogen) atoms. The molecular formula is C14H12Cl4N2O3. The summed E-state index contributed by atoms with van der Waals surface area (Å²) >= 11 is 24.0. The van der Waals surface area contributed by atoms with Crippen LogP contribution in [0.3, 0.4) is 0 Å². The van der Waals surface area contributed by atoms with E-state index < -0.39 is 9.04 Å². The van der Waals surface area contributed by atoms with Gasteiger partial charge in [0.25, 0.3) is 9.04 Å². The first-order valence-corrected chi connectivity index (χ1v) is 7.91. The van der Waals surface area contributed by atoms with Crippen LogP contribution >= 0.6 is 46.4 Å². The van der Waals surface area contributed by atoms with E-state index in [0.717, 1.165) is 0 Å². The summed E-state index contributed by atoms with van der Waals surface area (Å²) in [6.07, 6.45) is 3.09. The number of rotatable bonds is 8. The molecule has 2 heterocycles. The molecule has 0 unspecified atom stereocenters. The maximum atomic E-state index is 6.00. The molecule has 0 amide bonds. The second-order valence-corrected chi connectivity index (χ2v) is 7.14. The van der Waals surface area contributed by atoms with Gasteiger partial charge in [-0.3, -0.25) is 0 Å². The number of nitrogens with zero attached hydrogens (tertiary/aromatic N) is 2. The summed E-state index contributed by atoms with van der Waals surface area (Å²) in [5.41, 5.74) is 0. The zero-order valence-corrected chi connectivity index (χ0v) is 14.7. The Morgan fingerprint density at radius 1 is 0.739 bits per heavy atom. The molecule has 9 heteroatoms. The first-order chi connectivity index (χ1) is 10.9. The van der Waals surface area contributed by atoms with Crippen LogP contribution in [0.4, 0.5) is 0 Å². The quantitative estimate of drug-likeness (QED) is 0.624. The van der Waals surface area contributed by atoms with Crippen LogP contribution in [-0.2, 0) is 4.74 Å². The van der Waals surface area contributed by atoms with E-state index in [4.69, 9.17) is 60.6 Å². The van der Waals surface area contributed by atoms with Gasteiger partial charge in [0, 0.05) is 24.5 Å². The lowest BCUT2D eigenvalue weighted by Gasteiger charge is -2.24. The highest BCUT2D eigenvalue weighted by Crippen LogP contribution is 2.28. The SMILES string of the molecule is ClC(Cl)(COCC(Cl)(Cl)Oc1ccccn1)Oc1ccccn1. The van der Waals surface area contributed by atoms with Gasteiger partial charge in [0.05, 0.1) is 0 Å². The second-order valence-electron chi connectivity index (χ2n) is 4.31. The standard InChI is InChI=1S/C14H12Cl4N2O3/c15-13(16,22-11-5-1-3-7-19-11)9-21-10-14(17,18)23-12-6-2-4-8-20-12/h1-8H,9-10H2. The molecule has 0 N–H and O–H groups in total. The minimum Gasteiger partial charge on any atom is -0.438 e. The van der Waals surface area contributed by atoms with Gasteiger partial charge in [-0.1, -0.05) is 58.5 Å². The first kappa shape index (κ1) is 18.4. The normalized spacial score (nSPS) is 12.0. The molecule has 0 saturated carbocycles. The van der Waals surface area contributed by atoms with E-state index in [2.05, 4.69) is 9.97 Å². The van der Waals surface area contributed by atoms with Crippen LogP contribution in [0.2, 0.25) is 0 Å². The zero-order chi connectivity index (χ0) is 16.8. The molecule has 0 aliphatic heterocycles. The van der Waals surface area contributed by atoms with E-state index in [1.165, 1.54) is 0 Å². The van der Waals surface area contributed by atoms with E-state index in [-0.39, 0.29) is 25.0 Å². The van der Waals surface area contributed by atoms with Gasteiger partial charge in [0.15, 0.2) is 0 Å². The maximum Gasteiger partial charge on any atom is 0.283 e. The van der Waals surface area contributed by atoms with Gasteiger partial charge in [0.2, 0.25) is 11.8 Å². The molecular weight excluding hydrogens is 386 g/mol. The van der Waals surface area contributed by atoms with Gasteiger partial charge in [-0.25, -0.2) is 9.97 Å². The fourth-order valence-electron chi connectivity index (χ4n) is 1.47. The van der Waals surface area contributed by atoms with Crippen molar-refractivity contribution in [1.82, 2.24) is 9.97 Å². The minimum atomic E-state index is -1.65. The monoisotopic (exact) mass is 396 g/mol. The number of aromatic nitrogens is 2. The van der Waals surface area contributed by atoms with Crippen molar-refractivity contribution < 1.29 is 14.2 Å². The van der Waals surface area contributed by atoms with Crippen molar-refractivity contribution in [3.8, 4) is 11.8 Å². The number of ether oxygens (including phenoxy) is 3. The van der Waals surface area contributed by atoms with Crippen LogP contribution in [0.25, 0.3) is 0 Å². The highest BCUT2D eigenvalue weighted by atomic mass is 35.5. The molecule has 0 aliphatic rings. The first-order valence-electron chi connectivity index (χ1n) is 6.40.